The first kappa shape index (κ1) is 16.2. The van der Waals surface area contributed by atoms with Gasteiger partial charge in [0, 0.05) is 35.9 Å². The Morgan fingerprint density at radius 3 is 2.69 bits per heavy atom. The molecule has 4 rings (SSSR count). The van der Waals surface area contributed by atoms with E-state index in [4.69, 9.17) is 15.0 Å². The lowest BCUT2D eigenvalue weighted by Gasteiger charge is -2.20. The van der Waals surface area contributed by atoms with Crippen LogP contribution in [0.1, 0.15) is 35.4 Å². The van der Waals surface area contributed by atoms with Crippen LogP contribution < -0.4 is 4.74 Å². The zero-order valence-electron chi connectivity index (χ0n) is 14.2. The SMILES string of the molecule is N#Cc1ccc(COc2cc(-c3cncnc3)c3c(n2)CCCC3)nc1. The predicted molar refractivity (Wildman–Crippen MR) is 95.2 cm³/mol. The molecule has 0 radical (unpaired) electrons. The summed E-state index contributed by atoms with van der Waals surface area (Å²) in [5.41, 5.74) is 5.74. The van der Waals surface area contributed by atoms with Gasteiger partial charge in [0.05, 0.1) is 11.3 Å². The molecule has 3 aromatic rings. The van der Waals surface area contributed by atoms with Crippen molar-refractivity contribution in [1.82, 2.24) is 19.9 Å². The largest absolute Gasteiger partial charge is 0.471 e. The second-order valence-electron chi connectivity index (χ2n) is 6.21. The Morgan fingerprint density at radius 1 is 1.08 bits per heavy atom. The second-order valence-corrected chi connectivity index (χ2v) is 6.21. The molecule has 128 valence electrons. The van der Waals surface area contributed by atoms with E-state index in [1.54, 1.807) is 18.3 Å². The summed E-state index contributed by atoms with van der Waals surface area (Å²) in [6.45, 7) is 0.308. The minimum absolute atomic E-state index is 0.308. The molecule has 0 saturated heterocycles. The van der Waals surface area contributed by atoms with Gasteiger partial charge in [-0.05, 0) is 48.9 Å². The molecule has 0 atom stereocenters. The van der Waals surface area contributed by atoms with Crippen LogP contribution in [0.25, 0.3) is 11.1 Å². The fourth-order valence-corrected chi connectivity index (χ4v) is 3.17. The topological polar surface area (TPSA) is 84.6 Å². The molecule has 0 N–H and O–H groups in total. The standard InChI is InChI=1S/C20H17N5O/c21-8-14-5-6-16(24-9-14)12-26-20-7-18(15-10-22-13-23-11-15)17-3-1-2-4-19(17)25-20/h5-7,9-11,13H,1-4,12H2. The summed E-state index contributed by atoms with van der Waals surface area (Å²) in [6, 6.07) is 7.55. The zero-order valence-corrected chi connectivity index (χ0v) is 14.2. The van der Waals surface area contributed by atoms with Gasteiger partial charge < -0.3 is 4.74 Å². The molecule has 6 heteroatoms. The number of aryl methyl sites for hydroxylation is 1. The van der Waals surface area contributed by atoms with Crippen LogP contribution >= 0.6 is 0 Å². The van der Waals surface area contributed by atoms with Crippen LogP contribution in [0.5, 0.6) is 5.88 Å². The van der Waals surface area contributed by atoms with Crippen molar-refractivity contribution < 1.29 is 4.74 Å². The molecule has 1 aliphatic carbocycles. The number of hydrogen-bond acceptors (Lipinski definition) is 6. The van der Waals surface area contributed by atoms with Crippen molar-refractivity contribution in [2.45, 2.75) is 32.3 Å². The van der Waals surface area contributed by atoms with Gasteiger partial charge in [-0.2, -0.15) is 5.26 Å². The average molecular weight is 343 g/mol. The van der Waals surface area contributed by atoms with E-state index in [0.717, 1.165) is 41.8 Å². The van der Waals surface area contributed by atoms with Gasteiger partial charge in [-0.3, -0.25) is 4.98 Å². The lowest BCUT2D eigenvalue weighted by atomic mass is 9.90. The molecule has 0 bridgehead atoms. The number of pyridine rings is 2. The van der Waals surface area contributed by atoms with Crippen molar-refractivity contribution in [2.24, 2.45) is 0 Å². The Morgan fingerprint density at radius 2 is 1.92 bits per heavy atom. The summed E-state index contributed by atoms with van der Waals surface area (Å²) in [6.07, 6.45) is 11.0. The molecule has 0 saturated carbocycles. The van der Waals surface area contributed by atoms with Crippen LogP contribution in [-0.4, -0.2) is 19.9 Å². The van der Waals surface area contributed by atoms with E-state index in [1.165, 1.54) is 18.3 Å². The minimum Gasteiger partial charge on any atom is -0.471 e. The van der Waals surface area contributed by atoms with Gasteiger partial charge in [-0.25, -0.2) is 15.0 Å². The maximum Gasteiger partial charge on any atom is 0.214 e. The lowest BCUT2D eigenvalue weighted by molar-refractivity contribution is 0.288. The van der Waals surface area contributed by atoms with Crippen molar-refractivity contribution in [3.63, 3.8) is 0 Å². The zero-order chi connectivity index (χ0) is 17.8. The number of aromatic nitrogens is 4. The number of hydrogen-bond donors (Lipinski definition) is 0. The Kier molecular flexibility index (Phi) is 4.52. The maximum absolute atomic E-state index is 8.85. The molecule has 0 aliphatic heterocycles. The first-order chi connectivity index (χ1) is 12.8. The Balaban J connectivity index is 1.63. The van der Waals surface area contributed by atoms with Crippen LogP contribution in [0.15, 0.2) is 43.1 Å². The number of rotatable bonds is 4. The Bertz CT molecular complexity index is 948. The van der Waals surface area contributed by atoms with Crippen LogP contribution in [0.2, 0.25) is 0 Å². The van der Waals surface area contributed by atoms with Crippen LogP contribution in [-0.2, 0) is 19.4 Å². The Hall–Kier alpha value is -3.33. The smallest absolute Gasteiger partial charge is 0.214 e. The maximum atomic E-state index is 8.85. The van der Waals surface area contributed by atoms with Crippen molar-refractivity contribution in [3.8, 4) is 23.1 Å². The van der Waals surface area contributed by atoms with Gasteiger partial charge in [0.1, 0.15) is 19.0 Å². The molecule has 0 unspecified atom stereocenters. The fraction of sp³-hybridized carbons (Fsp3) is 0.250. The quantitative estimate of drug-likeness (QED) is 0.723. The van der Waals surface area contributed by atoms with Crippen LogP contribution in [0.4, 0.5) is 0 Å². The molecule has 26 heavy (non-hydrogen) atoms. The van der Waals surface area contributed by atoms with E-state index >= 15 is 0 Å². The van der Waals surface area contributed by atoms with Gasteiger partial charge in [-0.15, -0.1) is 0 Å². The number of ether oxygens (including phenoxy) is 1. The van der Waals surface area contributed by atoms with Crippen molar-refractivity contribution in [3.05, 3.63) is 65.6 Å². The average Bonchev–Trinajstić information content (AvgIpc) is 2.72. The molecule has 0 spiro atoms. The highest BCUT2D eigenvalue weighted by Gasteiger charge is 2.18. The van der Waals surface area contributed by atoms with Crippen LogP contribution in [0.3, 0.4) is 0 Å². The third-order valence-corrected chi connectivity index (χ3v) is 4.47. The molecule has 0 amide bonds. The molecule has 3 aromatic heterocycles. The van der Waals surface area contributed by atoms with Crippen molar-refractivity contribution >= 4 is 0 Å². The van der Waals surface area contributed by atoms with Crippen molar-refractivity contribution in [1.29, 1.82) is 5.26 Å². The molecule has 1 aliphatic rings. The monoisotopic (exact) mass is 343 g/mol. The van der Waals surface area contributed by atoms with Gasteiger partial charge in [0.25, 0.3) is 0 Å². The third kappa shape index (κ3) is 3.38. The molecule has 0 aromatic carbocycles. The molecular formula is C20H17N5O. The fourth-order valence-electron chi connectivity index (χ4n) is 3.17. The number of nitrogens with zero attached hydrogens (tertiary/aromatic N) is 5. The van der Waals surface area contributed by atoms with Gasteiger partial charge >= 0.3 is 0 Å². The molecular weight excluding hydrogens is 326 g/mol. The second kappa shape index (κ2) is 7.28. The summed E-state index contributed by atoms with van der Waals surface area (Å²) in [7, 11) is 0. The summed E-state index contributed by atoms with van der Waals surface area (Å²) in [4.78, 5) is 17.2. The lowest BCUT2D eigenvalue weighted by Crippen LogP contribution is -2.09. The summed E-state index contributed by atoms with van der Waals surface area (Å²) in [5, 5.41) is 8.85. The van der Waals surface area contributed by atoms with Gasteiger partial charge in [0.15, 0.2) is 0 Å². The van der Waals surface area contributed by atoms with E-state index in [-0.39, 0.29) is 0 Å². The highest BCUT2D eigenvalue weighted by Crippen LogP contribution is 2.33. The first-order valence-electron chi connectivity index (χ1n) is 8.59. The van der Waals surface area contributed by atoms with E-state index in [9.17, 15) is 0 Å². The highest BCUT2D eigenvalue weighted by atomic mass is 16.5. The van der Waals surface area contributed by atoms with E-state index in [1.807, 2.05) is 18.5 Å². The highest BCUT2D eigenvalue weighted by molar-refractivity contribution is 5.68. The van der Waals surface area contributed by atoms with E-state index < -0.39 is 0 Å². The van der Waals surface area contributed by atoms with Gasteiger partial charge in [0.2, 0.25) is 5.88 Å². The predicted octanol–water partition coefficient (Wildman–Crippen LogP) is 3.26. The van der Waals surface area contributed by atoms with Crippen LogP contribution in [0, 0.1) is 11.3 Å². The molecule has 0 fully saturated rings. The molecule has 6 nitrogen and oxygen atoms in total. The number of nitriles is 1. The number of fused-ring (bicyclic) bond motifs is 1. The summed E-state index contributed by atoms with van der Waals surface area (Å²) >= 11 is 0. The van der Waals surface area contributed by atoms with E-state index in [2.05, 4.69) is 21.0 Å². The Labute approximate surface area is 151 Å². The normalized spacial score (nSPS) is 12.9. The minimum atomic E-state index is 0.308. The first-order valence-corrected chi connectivity index (χ1v) is 8.59. The summed E-state index contributed by atoms with van der Waals surface area (Å²) in [5.74, 6) is 0.579. The summed E-state index contributed by atoms with van der Waals surface area (Å²) < 4.78 is 5.90. The molecule has 3 heterocycles. The van der Waals surface area contributed by atoms with Gasteiger partial charge in [-0.1, -0.05) is 0 Å². The third-order valence-electron chi connectivity index (χ3n) is 4.47. The van der Waals surface area contributed by atoms with E-state index in [0.29, 0.717) is 18.1 Å². The van der Waals surface area contributed by atoms with Crippen molar-refractivity contribution in [2.75, 3.05) is 0 Å².